The first-order chi connectivity index (χ1) is 25.3. The van der Waals surface area contributed by atoms with Crippen LogP contribution in [0.3, 0.4) is 0 Å². The number of ether oxygens (including phenoxy) is 2. The van der Waals surface area contributed by atoms with Crippen molar-refractivity contribution in [3.63, 3.8) is 0 Å². The van der Waals surface area contributed by atoms with Gasteiger partial charge in [0.2, 0.25) is 0 Å². The molecule has 0 bridgehead atoms. The fourth-order valence-corrected chi connectivity index (χ4v) is 7.51. The summed E-state index contributed by atoms with van der Waals surface area (Å²) in [6, 6.07) is 30.6. The summed E-state index contributed by atoms with van der Waals surface area (Å²) in [6.07, 6.45) is 9.28. The van der Waals surface area contributed by atoms with Crippen molar-refractivity contribution in [2.45, 2.75) is 12.3 Å². The van der Waals surface area contributed by atoms with Crippen LogP contribution in [0.2, 0.25) is 0 Å². The molecule has 0 aromatic heterocycles. The summed E-state index contributed by atoms with van der Waals surface area (Å²) in [5.41, 5.74) is 13.3. The van der Waals surface area contributed by atoms with Crippen molar-refractivity contribution in [3.8, 4) is 33.8 Å². The molecule has 252 valence electrons. The van der Waals surface area contributed by atoms with E-state index < -0.39 is 11.9 Å². The quantitative estimate of drug-likeness (QED) is 0.140. The van der Waals surface area contributed by atoms with Crippen molar-refractivity contribution in [1.82, 2.24) is 0 Å². The van der Waals surface area contributed by atoms with Gasteiger partial charge >= 0.3 is 11.9 Å². The maximum atomic E-state index is 11.7. The third-order valence-electron chi connectivity index (χ3n) is 9.88. The SMILES string of the molecule is O=COc1ccc(C2=CC(c3ccc(C(=O)O)cc3)=C3C=Cc4c(-c5ccc(C(=O)O)cc5)cc(-c5ccc(OC=O)cc5)c5c4C3C2=CC5)cc1. The molecule has 2 N–H and O–H groups in total. The zero-order valence-electron chi connectivity index (χ0n) is 27.4. The topological polar surface area (TPSA) is 127 Å². The molecule has 8 nitrogen and oxygen atoms in total. The van der Waals surface area contributed by atoms with Gasteiger partial charge in [0, 0.05) is 5.92 Å². The molecule has 0 fully saturated rings. The maximum Gasteiger partial charge on any atom is 0.335 e. The zero-order chi connectivity index (χ0) is 35.9. The Morgan fingerprint density at radius 3 is 1.71 bits per heavy atom. The van der Waals surface area contributed by atoms with Crippen LogP contribution in [0, 0.1) is 0 Å². The monoisotopic (exact) mass is 684 g/mol. The summed E-state index contributed by atoms with van der Waals surface area (Å²) < 4.78 is 10.2. The second-order valence-electron chi connectivity index (χ2n) is 12.6. The van der Waals surface area contributed by atoms with E-state index in [1.165, 1.54) is 0 Å². The lowest BCUT2D eigenvalue weighted by molar-refractivity contribution is -0.121. The van der Waals surface area contributed by atoms with Gasteiger partial charge in [-0.2, -0.15) is 0 Å². The lowest BCUT2D eigenvalue weighted by Crippen LogP contribution is -2.22. The van der Waals surface area contributed by atoms with Crippen LogP contribution in [0.5, 0.6) is 11.5 Å². The Morgan fingerprint density at radius 1 is 0.635 bits per heavy atom. The number of carboxylic acid groups (broad SMARTS) is 2. The van der Waals surface area contributed by atoms with E-state index in [4.69, 9.17) is 9.47 Å². The largest absolute Gasteiger partial charge is 0.478 e. The van der Waals surface area contributed by atoms with E-state index >= 15 is 0 Å². The molecule has 5 aromatic carbocycles. The molecular weight excluding hydrogens is 656 g/mol. The van der Waals surface area contributed by atoms with Gasteiger partial charge in [0.15, 0.2) is 0 Å². The molecule has 0 saturated carbocycles. The van der Waals surface area contributed by atoms with Crippen molar-refractivity contribution in [2.75, 3.05) is 0 Å². The first-order valence-electron chi connectivity index (χ1n) is 16.5. The number of hydrogen-bond acceptors (Lipinski definition) is 6. The van der Waals surface area contributed by atoms with Crippen LogP contribution in [-0.4, -0.2) is 35.1 Å². The van der Waals surface area contributed by atoms with Crippen LogP contribution in [0.1, 0.15) is 54.5 Å². The van der Waals surface area contributed by atoms with Gasteiger partial charge in [-0.3, -0.25) is 9.59 Å². The Bertz CT molecular complexity index is 2430. The highest BCUT2D eigenvalue weighted by Crippen LogP contribution is 2.56. The highest BCUT2D eigenvalue weighted by molar-refractivity contribution is 6.02. The van der Waals surface area contributed by atoms with Gasteiger partial charge < -0.3 is 19.7 Å². The summed E-state index contributed by atoms with van der Waals surface area (Å²) in [5.74, 6) is -1.35. The third-order valence-corrected chi connectivity index (χ3v) is 9.88. The van der Waals surface area contributed by atoms with Crippen LogP contribution in [0.25, 0.3) is 39.5 Å². The molecule has 1 atom stereocenters. The summed E-state index contributed by atoms with van der Waals surface area (Å²) in [4.78, 5) is 45.5. The molecule has 0 amide bonds. The number of hydrogen-bond donors (Lipinski definition) is 2. The standard InChI is InChI=1S/C44H28O8/c45-23-51-31-13-9-27(10-14-31)39-21-37(25-1-5-29(6-2-25)43(47)48)33-17-18-34-38(26-3-7-30(8-4-26)44(49)50)22-40(28-11-15-32(16-12-28)52-24-46)36-20-19-35(39)41(33)42(34)36/h1-19,21-24,41H,20H2,(H,47,48)(H,49,50). The number of aromatic carboxylic acids is 2. The highest BCUT2D eigenvalue weighted by atomic mass is 16.5. The van der Waals surface area contributed by atoms with Gasteiger partial charge in [0.05, 0.1) is 11.1 Å². The minimum Gasteiger partial charge on any atom is -0.478 e. The number of carboxylic acids is 2. The molecule has 52 heavy (non-hydrogen) atoms. The predicted octanol–water partition coefficient (Wildman–Crippen LogP) is 8.63. The van der Waals surface area contributed by atoms with Crippen LogP contribution in [0.15, 0.2) is 133 Å². The molecule has 1 unspecified atom stereocenters. The van der Waals surface area contributed by atoms with E-state index in [1.54, 1.807) is 48.5 Å². The molecule has 8 heteroatoms. The summed E-state index contributed by atoms with van der Waals surface area (Å²) in [6.45, 7) is 0.791. The molecule has 3 aliphatic carbocycles. The number of allylic oxidation sites excluding steroid dienone is 7. The van der Waals surface area contributed by atoms with Crippen molar-refractivity contribution in [1.29, 1.82) is 0 Å². The van der Waals surface area contributed by atoms with Gasteiger partial charge in [-0.25, -0.2) is 9.59 Å². The predicted molar refractivity (Wildman–Crippen MR) is 196 cm³/mol. The minimum atomic E-state index is -1.00. The van der Waals surface area contributed by atoms with Gasteiger partial charge in [-0.1, -0.05) is 66.8 Å². The molecule has 0 aliphatic heterocycles. The Morgan fingerprint density at radius 2 is 1.15 bits per heavy atom. The number of carbonyl (C=O) groups is 4. The Hall–Kier alpha value is -7.06. The second kappa shape index (κ2) is 13.0. The molecule has 0 saturated heterocycles. The smallest absolute Gasteiger partial charge is 0.335 e. The first-order valence-corrected chi connectivity index (χ1v) is 16.5. The van der Waals surface area contributed by atoms with E-state index in [9.17, 15) is 29.4 Å². The van der Waals surface area contributed by atoms with Crippen molar-refractivity contribution in [3.05, 3.63) is 171 Å². The lowest BCUT2D eigenvalue weighted by Gasteiger charge is -2.39. The first kappa shape index (κ1) is 32.2. The second-order valence-corrected chi connectivity index (χ2v) is 12.6. The summed E-state index contributed by atoms with van der Waals surface area (Å²) in [7, 11) is 0. The normalized spacial score (nSPS) is 15.2. The highest BCUT2D eigenvalue weighted by Gasteiger charge is 2.38. The van der Waals surface area contributed by atoms with Crippen LogP contribution in [0.4, 0.5) is 0 Å². The average Bonchev–Trinajstić information content (AvgIpc) is 3.17. The maximum absolute atomic E-state index is 11.7. The van der Waals surface area contributed by atoms with Crippen molar-refractivity contribution in [2.24, 2.45) is 0 Å². The molecule has 0 spiro atoms. The molecular formula is C44H28O8. The number of carbonyl (C=O) groups excluding carboxylic acids is 2. The zero-order valence-corrected chi connectivity index (χ0v) is 27.4. The molecule has 0 radical (unpaired) electrons. The van der Waals surface area contributed by atoms with Gasteiger partial charge in [-0.15, -0.1) is 0 Å². The van der Waals surface area contributed by atoms with Gasteiger partial charge in [0.25, 0.3) is 12.9 Å². The van der Waals surface area contributed by atoms with E-state index in [-0.39, 0.29) is 17.0 Å². The number of benzene rings is 5. The summed E-state index contributed by atoms with van der Waals surface area (Å²) >= 11 is 0. The molecule has 3 aliphatic rings. The Balaban J connectivity index is 1.38. The Kier molecular flexibility index (Phi) is 8.04. The van der Waals surface area contributed by atoms with Crippen LogP contribution >= 0.6 is 0 Å². The van der Waals surface area contributed by atoms with Crippen molar-refractivity contribution < 1.29 is 38.9 Å². The Labute approximate surface area is 297 Å². The van der Waals surface area contributed by atoms with Crippen LogP contribution < -0.4 is 9.47 Å². The third kappa shape index (κ3) is 5.52. The molecule has 5 aromatic rings. The van der Waals surface area contributed by atoms with E-state index in [1.807, 2.05) is 48.5 Å². The van der Waals surface area contributed by atoms with Crippen molar-refractivity contribution >= 4 is 42.1 Å². The molecule has 8 rings (SSSR count). The van der Waals surface area contributed by atoms with Gasteiger partial charge in [0.1, 0.15) is 11.5 Å². The van der Waals surface area contributed by atoms with E-state index in [0.717, 1.165) is 72.4 Å². The number of rotatable bonds is 10. The summed E-state index contributed by atoms with van der Waals surface area (Å²) in [5, 5.41) is 19.2. The lowest BCUT2D eigenvalue weighted by atomic mass is 9.64. The van der Waals surface area contributed by atoms with E-state index in [2.05, 4.69) is 30.4 Å². The van der Waals surface area contributed by atoms with Gasteiger partial charge in [-0.05, 0) is 139 Å². The fraction of sp³-hybridized carbons (Fsp3) is 0.0455. The van der Waals surface area contributed by atoms with Crippen LogP contribution in [-0.2, 0) is 16.0 Å². The fourth-order valence-electron chi connectivity index (χ4n) is 7.51. The van der Waals surface area contributed by atoms with E-state index in [0.29, 0.717) is 30.9 Å². The minimum absolute atomic E-state index is 0.192. The average molecular weight is 685 g/mol. The molecule has 0 heterocycles.